The highest BCUT2D eigenvalue weighted by molar-refractivity contribution is 6.43. The highest BCUT2D eigenvalue weighted by atomic mass is 35.5. The van der Waals surface area contributed by atoms with Crippen LogP contribution in [-0.2, 0) is 6.42 Å². The van der Waals surface area contributed by atoms with Gasteiger partial charge in [0.1, 0.15) is 0 Å². The molecule has 2 aromatic rings. The fourth-order valence-electron chi connectivity index (χ4n) is 4.46. The van der Waals surface area contributed by atoms with E-state index >= 15 is 0 Å². The van der Waals surface area contributed by atoms with Crippen molar-refractivity contribution < 1.29 is 0 Å². The Hall–Kier alpha value is -1.77. The third kappa shape index (κ3) is 4.39. The summed E-state index contributed by atoms with van der Waals surface area (Å²) < 4.78 is 0. The average Bonchev–Trinajstić information content (AvgIpc) is 2.75. The number of benzene rings is 2. The molecule has 2 aromatic carbocycles. The Bertz CT molecular complexity index is 916. The smallest absolute Gasteiger partial charge is 0.0991 e. The van der Waals surface area contributed by atoms with Crippen LogP contribution in [0.25, 0.3) is 0 Å². The van der Waals surface area contributed by atoms with E-state index in [0.717, 1.165) is 63.5 Å². The Morgan fingerprint density at radius 1 is 1.03 bits per heavy atom. The molecule has 0 aromatic heterocycles. The van der Waals surface area contributed by atoms with Gasteiger partial charge in [0.05, 0.1) is 27.4 Å². The zero-order valence-corrected chi connectivity index (χ0v) is 18.3. The fraction of sp³-hybridized carbons (Fsp3) is 0.435. The maximum atomic E-state index is 9.21. The number of fused-ring (bicyclic) bond motifs is 1. The van der Waals surface area contributed by atoms with E-state index in [0.29, 0.717) is 16.1 Å². The van der Waals surface area contributed by atoms with Crippen molar-refractivity contribution in [2.45, 2.75) is 19.4 Å². The van der Waals surface area contributed by atoms with Crippen molar-refractivity contribution in [3.8, 4) is 6.07 Å². The molecular weight excluding hydrogens is 403 g/mol. The second kappa shape index (κ2) is 8.93. The number of rotatable bonds is 4. The van der Waals surface area contributed by atoms with Gasteiger partial charge in [0.15, 0.2) is 0 Å². The van der Waals surface area contributed by atoms with Crippen LogP contribution < -0.4 is 4.90 Å². The molecule has 1 fully saturated rings. The van der Waals surface area contributed by atoms with Crippen LogP contribution in [0.5, 0.6) is 0 Å². The summed E-state index contributed by atoms with van der Waals surface area (Å²) in [6, 6.07) is 14.6. The maximum absolute atomic E-state index is 9.21. The summed E-state index contributed by atoms with van der Waals surface area (Å²) in [5.41, 5.74) is 4.50. The second-order valence-electron chi connectivity index (χ2n) is 7.89. The summed E-state index contributed by atoms with van der Waals surface area (Å²) in [6.45, 7) is 9.44. The summed E-state index contributed by atoms with van der Waals surface area (Å²) in [5, 5.41) is 10.5. The van der Waals surface area contributed by atoms with Crippen molar-refractivity contribution in [2.75, 3.05) is 50.7 Å². The van der Waals surface area contributed by atoms with Gasteiger partial charge in [0.25, 0.3) is 0 Å². The van der Waals surface area contributed by atoms with E-state index in [-0.39, 0.29) is 0 Å². The van der Waals surface area contributed by atoms with Crippen molar-refractivity contribution in [3.63, 3.8) is 0 Å². The lowest BCUT2D eigenvalue weighted by Gasteiger charge is -2.39. The first kappa shape index (κ1) is 20.5. The summed E-state index contributed by atoms with van der Waals surface area (Å²) in [4.78, 5) is 7.40. The minimum absolute atomic E-state index is 0.360. The molecule has 0 bridgehead atoms. The van der Waals surface area contributed by atoms with Crippen molar-refractivity contribution in [1.29, 1.82) is 5.26 Å². The Morgan fingerprint density at radius 3 is 2.59 bits per heavy atom. The molecule has 152 valence electrons. The Kier molecular flexibility index (Phi) is 6.32. The molecule has 0 saturated carbocycles. The SMILES string of the molecule is CC1c2cc(C#N)ccc2CCN1CCN1CCN(c2cccc(Cl)c2Cl)CC1. The third-order valence-electron chi connectivity index (χ3n) is 6.29. The first-order valence-electron chi connectivity index (χ1n) is 10.2. The zero-order chi connectivity index (χ0) is 20.4. The number of nitriles is 1. The minimum atomic E-state index is 0.360. The summed E-state index contributed by atoms with van der Waals surface area (Å²) >= 11 is 12.6. The monoisotopic (exact) mass is 428 g/mol. The lowest BCUT2D eigenvalue weighted by molar-refractivity contribution is 0.156. The largest absolute Gasteiger partial charge is 0.368 e. The molecular formula is C23H26Cl2N4. The van der Waals surface area contributed by atoms with Crippen LogP contribution in [0.4, 0.5) is 5.69 Å². The minimum Gasteiger partial charge on any atom is -0.368 e. The predicted molar refractivity (Wildman–Crippen MR) is 120 cm³/mol. The molecule has 1 saturated heterocycles. The molecule has 2 heterocycles. The molecule has 2 aliphatic rings. The standard InChI is InChI=1S/C23H26Cl2N4/c1-17-20-15-18(16-26)5-6-19(20)7-8-28(17)12-9-27-10-13-29(14-11-27)22-4-2-3-21(24)23(22)25/h2-6,15,17H,7-14H2,1H3. The molecule has 2 aliphatic heterocycles. The summed E-state index contributed by atoms with van der Waals surface area (Å²) in [7, 11) is 0. The lowest BCUT2D eigenvalue weighted by atomic mass is 9.92. The van der Waals surface area contributed by atoms with Crippen molar-refractivity contribution >= 4 is 28.9 Å². The Morgan fingerprint density at radius 2 is 1.83 bits per heavy atom. The van der Waals surface area contributed by atoms with Crippen LogP contribution in [0.3, 0.4) is 0 Å². The summed E-state index contributed by atoms with van der Waals surface area (Å²) in [5.74, 6) is 0. The normalized spacial score (nSPS) is 20.3. The zero-order valence-electron chi connectivity index (χ0n) is 16.7. The lowest BCUT2D eigenvalue weighted by Crippen LogP contribution is -2.49. The van der Waals surface area contributed by atoms with Crippen LogP contribution in [-0.4, -0.2) is 55.6 Å². The van der Waals surface area contributed by atoms with Crippen LogP contribution >= 0.6 is 23.2 Å². The first-order chi connectivity index (χ1) is 14.1. The molecule has 0 N–H and O–H groups in total. The molecule has 0 radical (unpaired) electrons. The number of nitrogens with zero attached hydrogens (tertiary/aromatic N) is 4. The van der Waals surface area contributed by atoms with Crippen molar-refractivity contribution in [3.05, 3.63) is 63.1 Å². The first-order valence-corrected chi connectivity index (χ1v) is 11.0. The maximum Gasteiger partial charge on any atom is 0.0991 e. The van der Waals surface area contributed by atoms with Gasteiger partial charge >= 0.3 is 0 Å². The molecule has 29 heavy (non-hydrogen) atoms. The summed E-state index contributed by atoms with van der Waals surface area (Å²) in [6.07, 6.45) is 1.06. The van der Waals surface area contributed by atoms with E-state index in [2.05, 4.69) is 39.8 Å². The molecule has 4 nitrogen and oxygen atoms in total. The van der Waals surface area contributed by atoms with Gasteiger partial charge in [-0.15, -0.1) is 0 Å². The molecule has 6 heteroatoms. The van der Waals surface area contributed by atoms with Gasteiger partial charge in [-0.25, -0.2) is 0 Å². The van der Waals surface area contributed by atoms with Crippen molar-refractivity contribution in [2.24, 2.45) is 0 Å². The number of anilines is 1. The van der Waals surface area contributed by atoms with Gasteiger partial charge in [-0.05, 0) is 48.7 Å². The van der Waals surface area contributed by atoms with Crippen LogP contribution in [0.1, 0.15) is 29.7 Å². The van der Waals surface area contributed by atoms with E-state index in [9.17, 15) is 5.26 Å². The van der Waals surface area contributed by atoms with E-state index in [1.54, 1.807) is 0 Å². The van der Waals surface area contributed by atoms with Gasteiger partial charge in [0, 0.05) is 51.9 Å². The predicted octanol–water partition coefficient (Wildman–Crippen LogP) is 4.61. The van der Waals surface area contributed by atoms with E-state index in [1.165, 1.54) is 11.1 Å². The van der Waals surface area contributed by atoms with Gasteiger partial charge in [-0.1, -0.05) is 35.3 Å². The fourth-order valence-corrected chi connectivity index (χ4v) is 4.87. The van der Waals surface area contributed by atoms with Gasteiger partial charge in [0.2, 0.25) is 0 Å². The van der Waals surface area contributed by atoms with Crippen LogP contribution in [0.15, 0.2) is 36.4 Å². The van der Waals surface area contributed by atoms with E-state index in [4.69, 9.17) is 23.2 Å². The van der Waals surface area contributed by atoms with E-state index in [1.807, 2.05) is 24.3 Å². The molecule has 0 spiro atoms. The molecule has 0 amide bonds. The number of hydrogen-bond acceptors (Lipinski definition) is 4. The topological polar surface area (TPSA) is 33.5 Å². The molecule has 4 rings (SSSR count). The Balaban J connectivity index is 1.32. The number of halogens is 2. The molecule has 1 unspecified atom stereocenters. The van der Waals surface area contributed by atoms with Gasteiger partial charge in [-0.2, -0.15) is 5.26 Å². The van der Waals surface area contributed by atoms with Crippen LogP contribution in [0.2, 0.25) is 10.0 Å². The van der Waals surface area contributed by atoms with Crippen molar-refractivity contribution in [1.82, 2.24) is 9.80 Å². The average molecular weight is 429 g/mol. The second-order valence-corrected chi connectivity index (χ2v) is 8.67. The molecule has 0 aliphatic carbocycles. The Labute approximate surface area is 183 Å². The highest BCUT2D eigenvalue weighted by Crippen LogP contribution is 2.33. The van der Waals surface area contributed by atoms with Gasteiger partial charge < -0.3 is 4.90 Å². The quantitative estimate of drug-likeness (QED) is 0.711. The van der Waals surface area contributed by atoms with Crippen LogP contribution in [0, 0.1) is 11.3 Å². The number of hydrogen-bond donors (Lipinski definition) is 0. The number of piperazine rings is 1. The third-order valence-corrected chi connectivity index (χ3v) is 7.10. The molecule has 1 atom stereocenters. The van der Waals surface area contributed by atoms with E-state index < -0.39 is 0 Å². The van der Waals surface area contributed by atoms with Gasteiger partial charge in [-0.3, -0.25) is 9.80 Å². The highest BCUT2D eigenvalue weighted by Gasteiger charge is 2.25.